The van der Waals surface area contributed by atoms with Crippen LogP contribution in [0.2, 0.25) is 0 Å². The van der Waals surface area contributed by atoms with Gasteiger partial charge in [-0.3, -0.25) is 9.59 Å². The van der Waals surface area contributed by atoms with Crippen LogP contribution in [0.1, 0.15) is 70.2 Å². The fourth-order valence-electron chi connectivity index (χ4n) is 4.38. The molecule has 11 nitrogen and oxygen atoms in total. The molecule has 0 unspecified atom stereocenters. The molecule has 1 atom stereocenters. The highest BCUT2D eigenvalue weighted by molar-refractivity contribution is 7.12. The first-order chi connectivity index (χ1) is 17.4. The normalized spacial score (nSPS) is 14.3. The van der Waals surface area contributed by atoms with Crippen LogP contribution in [-0.4, -0.2) is 42.5 Å². The number of fused-ring (bicyclic) bond motifs is 2. The van der Waals surface area contributed by atoms with Crippen molar-refractivity contribution in [2.24, 2.45) is 0 Å². The van der Waals surface area contributed by atoms with Crippen LogP contribution in [0.3, 0.4) is 0 Å². The van der Waals surface area contributed by atoms with Gasteiger partial charge in [-0.15, -0.1) is 11.3 Å². The largest absolute Gasteiger partial charge is 0.478 e. The Balaban J connectivity index is 1.38. The van der Waals surface area contributed by atoms with Crippen molar-refractivity contribution >= 4 is 34.9 Å². The number of nitriles is 1. The molecule has 0 saturated heterocycles. The summed E-state index contributed by atoms with van der Waals surface area (Å²) in [6.45, 7) is 1.99. The maximum atomic E-state index is 13.3. The molecule has 0 fully saturated rings. The third-order valence-electron chi connectivity index (χ3n) is 6.14. The second kappa shape index (κ2) is 9.20. The number of nitrogens with zero attached hydrogens (tertiary/aromatic N) is 5. The molecule has 1 aliphatic carbocycles. The predicted octanol–water partition coefficient (Wildman–Crippen LogP) is 2.41. The fraction of sp³-hybridized carbons (Fsp3) is 0.208. The Bertz CT molecular complexity index is 1580. The topological polar surface area (TPSA) is 162 Å². The molecule has 1 aromatic carbocycles. The van der Waals surface area contributed by atoms with Gasteiger partial charge >= 0.3 is 5.97 Å². The maximum absolute atomic E-state index is 13.3. The number of hydrogen-bond donors (Lipinski definition) is 3. The number of carboxylic acid groups (broad SMARTS) is 1. The molecule has 4 aromatic rings. The first-order valence-electron chi connectivity index (χ1n) is 11.0. The number of benzene rings is 1. The quantitative estimate of drug-likeness (QED) is 0.363. The summed E-state index contributed by atoms with van der Waals surface area (Å²) in [5, 5.41) is 28.1. The minimum absolute atomic E-state index is 0.00600. The van der Waals surface area contributed by atoms with E-state index in [-0.39, 0.29) is 35.3 Å². The van der Waals surface area contributed by atoms with Gasteiger partial charge in [-0.05, 0) is 54.7 Å². The zero-order valence-electron chi connectivity index (χ0n) is 19.0. The first kappa shape index (κ1) is 23.1. The van der Waals surface area contributed by atoms with Crippen LogP contribution in [0.25, 0.3) is 5.78 Å². The Morgan fingerprint density at radius 1 is 1.25 bits per heavy atom. The van der Waals surface area contributed by atoms with Crippen molar-refractivity contribution in [3.05, 3.63) is 80.1 Å². The van der Waals surface area contributed by atoms with Gasteiger partial charge in [-0.25, -0.2) is 9.78 Å². The summed E-state index contributed by atoms with van der Waals surface area (Å²) >= 11 is 1.28. The van der Waals surface area contributed by atoms with E-state index >= 15 is 0 Å². The van der Waals surface area contributed by atoms with E-state index in [0.29, 0.717) is 23.3 Å². The molecular weight excluding hydrogens is 482 g/mol. The molecule has 36 heavy (non-hydrogen) atoms. The van der Waals surface area contributed by atoms with Gasteiger partial charge in [0, 0.05) is 10.9 Å². The lowest BCUT2D eigenvalue weighted by atomic mass is 9.98. The number of nitrogens with one attached hydrogen (secondary N) is 2. The first-order valence-corrected chi connectivity index (χ1v) is 11.8. The Hall–Kier alpha value is -4.63. The number of carboxylic acids is 1. The molecule has 2 amide bonds. The summed E-state index contributed by atoms with van der Waals surface area (Å²) in [4.78, 5) is 47.1. The van der Waals surface area contributed by atoms with Gasteiger partial charge in [0.2, 0.25) is 0 Å². The van der Waals surface area contributed by atoms with E-state index in [1.807, 2.05) is 0 Å². The Kier molecular flexibility index (Phi) is 5.91. The standard InChI is InChI=1S/C24H19N7O4S/c1-12-15-6-7-18(17(15)5-4-16(12)23(34)35)29-22(33)20-8-19(30-24-27-11-28-31(20)24)21(32)26-10-14-3-2-13(9-25)36-14/h2-5,8,11,18H,6-7,10H2,1H3,(H,26,32)(H,29,33)(H,34,35)/t18-/m0/s1. The van der Waals surface area contributed by atoms with Crippen LogP contribution < -0.4 is 10.6 Å². The maximum Gasteiger partial charge on any atom is 0.335 e. The SMILES string of the molecule is Cc1c(C(=O)O)ccc2c1CC[C@@H]2NC(=O)c1cc(C(=O)NCc2ccc(C#N)s2)nc2ncnn12. The highest BCUT2D eigenvalue weighted by atomic mass is 32.1. The molecule has 0 bridgehead atoms. The van der Waals surface area contributed by atoms with Gasteiger partial charge < -0.3 is 15.7 Å². The van der Waals surface area contributed by atoms with E-state index in [0.717, 1.165) is 16.0 Å². The van der Waals surface area contributed by atoms with E-state index < -0.39 is 17.8 Å². The van der Waals surface area contributed by atoms with E-state index in [1.54, 1.807) is 31.2 Å². The molecule has 3 aromatic heterocycles. The smallest absolute Gasteiger partial charge is 0.335 e. The molecule has 3 N–H and O–H groups in total. The molecule has 0 radical (unpaired) electrons. The van der Waals surface area contributed by atoms with Crippen molar-refractivity contribution in [2.75, 3.05) is 0 Å². The third-order valence-corrected chi connectivity index (χ3v) is 7.13. The molecule has 0 aliphatic heterocycles. The van der Waals surface area contributed by atoms with Gasteiger partial charge in [0.25, 0.3) is 17.6 Å². The lowest BCUT2D eigenvalue weighted by Gasteiger charge is -2.16. The van der Waals surface area contributed by atoms with E-state index in [9.17, 15) is 19.5 Å². The molecular formula is C24H19N7O4S. The Morgan fingerprint density at radius 3 is 2.83 bits per heavy atom. The van der Waals surface area contributed by atoms with Crippen molar-refractivity contribution in [3.8, 4) is 6.07 Å². The number of carbonyl (C=O) groups excluding carboxylic acids is 2. The second-order valence-corrected chi connectivity index (χ2v) is 9.40. The van der Waals surface area contributed by atoms with Crippen molar-refractivity contribution < 1.29 is 19.5 Å². The number of aromatic nitrogens is 4. The van der Waals surface area contributed by atoms with E-state index in [4.69, 9.17) is 5.26 Å². The summed E-state index contributed by atoms with van der Waals surface area (Å²) in [6, 6.07) is 9.83. The number of carbonyl (C=O) groups is 3. The van der Waals surface area contributed by atoms with Gasteiger partial charge in [-0.1, -0.05) is 6.07 Å². The van der Waals surface area contributed by atoms with Gasteiger partial charge in [0.15, 0.2) is 0 Å². The van der Waals surface area contributed by atoms with Crippen molar-refractivity contribution in [3.63, 3.8) is 0 Å². The third kappa shape index (κ3) is 4.16. The lowest BCUT2D eigenvalue weighted by molar-refractivity contribution is 0.0695. The number of hydrogen-bond acceptors (Lipinski definition) is 8. The Labute approximate surface area is 208 Å². The summed E-state index contributed by atoms with van der Waals surface area (Å²) in [6.07, 6.45) is 2.51. The van der Waals surface area contributed by atoms with Crippen LogP contribution in [0, 0.1) is 18.3 Å². The summed E-state index contributed by atoms with van der Waals surface area (Å²) in [5.41, 5.74) is 2.85. The number of amides is 2. The number of rotatable bonds is 6. The van der Waals surface area contributed by atoms with Crippen molar-refractivity contribution in [1.29, 1.82) is 5.26 Å². The summed E-state index contributed by atoms with van der Waals surface area (Å²) < 4.78 is 1.26. The molecule has 5 rings (SSSR count). The van der Waals surface area contributed by atoms with Crippen LogP contribution in [-0.2, 0) is 13.0 Å². The average molecular weight is 502 g/mol. The molecule has 3 heterocycles. The number of thiophene rings is 1. The van der Waals surface area contributed by atoms with Gasteiger partial charge in [-0.2, -0.15) is 19.9 Å². The van der Waals surface area contributed by atoms with Crippen molar-refractivity contribution in [2.45, 2.75) is 32.4 Å². The Morgan fingerprint density at radius 2 is 2.08 bits per heavy atom. The lowest BCUT2D eigenvalue weighted by Crippen LogP contribution is -2.30. The molecule has 180 valence electrons. The van der Waals surface area contributed by atoms with Gasteiger partial charge in [0.05, 0.1) is 18.2 Å². The van der Waals surface area contributed by atoms with Crippen LogP contribution >= 0.6 is 11.3 Å². The minimum Gasteiger partial charge on any atom is -0.478 e. The van der Waals surface area contributed by atoms with Crippen LogP contribution in [0.4, 0.5) is 0 Å². The monoisotopic (exact) mass is 501 g/mol. The minimum atomic E-state index is -0.983. The zero-order valence-corrected chi connectivity index (χ0v) is 19.8. The fourth-order valence-corrected chi connectivity index (χ4v) is 5.12. The predicted molar refractivity (Wildman–Crippen MR) is 128 cm³/mol. The van der Waals surface area contributed by atoms with Crippen LogP contribution in [0.15, 0.2) is 36.7 Å². The molecule has 1 aliphatic rings. The second-order valence-electron chi connectivity index (χ2n) is 8.23. The highest BCUT2D eigenvalue weighted by Crippen LogP contribution is 2.34. The van der Waals surface area contributed by atoms with Gasteiger partial charge in [0.1, 0.15) is 28.7 Å². The molecule has 0 saturated carbocycles. The number of aromatic carboxylic acids is 1. The van der Waals surface area contributed by atoms with Crippen molar-refractivity contribution in [1.82, 2.24) is 30.2 Å². The molecule has 0 spiro atoms. The highest BCUT2D eigenvalue weighted by Gasteiger charge is 2.29. The average Bonchev–Trinajstić information content (AvgIpc) is 3.61. The summed E-state index contributed by atoms with van der Waals surface area (Å²) in [7, 11) is 0. The summed E-state index contributed by atoms with van der Waals surface area (Å²) in [5.74, 6) is -1.84. The van der Waals surface area contributed by atoms with E-state index in [1.165, 1.54) is 28.2 Å². The molecule has 12 heteroatoms. The zero-order chi connectivity index (χ0) is 25.4. The van der Waals surface area contributed by atoms with Crippen LogP contribution in [0.5, 0.6) is 0 Å². The van der Waals surface area contributed by atoms with E-state index in [2.05, 4.69) is 31.8 Å².